The second-order valence-corrected chi connectivity index (χ2v) is 9.33. The molecule has 1 amide bonds. The van der Waals surface area contributed by atoms with Crippen LogP contribution in [0.2, 0.25) is 10.0 Å². The first-order valence-electron chi connectivity index (χ1n) is 9.01. The number of amides is 1. The lowest BCUT2D eigenvalue weighted by Gasteiger charge is -2.26. The maximum Gasteiger partial charge on any atom is 0.268 e. The molecule has 1 atom stereocenters. The molecule has 0 fully saturated rings. The fourth-order valence-electron chi connectivity index (χ4n) is 2.80. The number of carbonyl (C=O) groups is 1. The Morgan fingerprint density at radius 1 is 1.13 bits per heavy atom. The third-order valence-corrected chi connectivity index (χ3v) is 6.72. The van der Waals surface area contributed by atoms with Crippen LogP contribution in [0.5, 0.6) is 5.75 Å². The van der Waals surface area contributed by atoms with Gasteiger partial charge >= 0.3 is 0 Å². The summed E-state index contributed by atoms with van der Waals surface area (Å²) in [5.74, 6) is -0.334. The zero-order valence-electron chi connectivity index (χ0n) is 17.1. The minimum atomic E-state index is -4.18. The first kappa shape index (κ1) is 24.3. The normalized spacial score (nSPS) is 12.3. The van der Waals surface area contributed by atoms with E-state index in [1.807, 2.05) is 0 Å². The molecule has 1 N–H and O–H groups in total. The van der Waals surface area contributed by atoms with Gasteiger partial charge in [0, 0.05) is 13.2 Å². The van der Waals surface area contributed by atoms with E-state index in [2.05, 4.69) is 5.32 Å². The molecule has 0 aliphatic carbocycles. The Hall–Kier alpha value is -2.00. The summed E-state index contributed by atoms with van der Waals surface area (Å²) < 4.78 is 38.4. The summed E-state index contributed by atoms with van der Waals surface area (Å²) in [5.41, 5.74) is 0.920. The van der Waals surface area contributed by atoms with Crippen LogP contribution in [0.1, 0.15) is 12.5 Å². The first-order chi connectivity index (χ1) is 14.1. The number of nitrogens with one attached hydrogen (secondary N) is 1. The van der Waals surface area contributed by atoms with Crippen molar-refractivity contribution in [2.75, 3.05) is 31.7 Å². The maximum atomic E-state index is 13.6. The van der Waals surface area contributed by atoms with Crippen LogP contribution in [0.25, 0.3) is 0 Å². The highest BCUT2D eigenvalue weighted by Crippen LogP contribution is 2.33. The van der Waals surface area contributed by atoms with Gasteiger partial charge in [-0.2, -0.15) is 0 Å². The van der Waals surface area contributed by atoms with Crippen LogP contribution in [0, 0.1) is 6.92 Å². The van der Waals surface area contributed by atoms with E-state index in [4.69, 9.17) is 32.7 Å². The Bertz CT molecular complexity index is 1010. The van der Waals surface area contributed by atoms with Gasteiger partial charge in [-0.1, -0.05) is 29.3 Å². The molecule has 0 spiro atoms. The summed E-state index contributed by atoms with van der Waals surface area (Å²) in [6.45, 7) is 3.34. The number of carbonyl (C=O) groups excluding carboxylic acids is 1. The van der Waals surface area contributed by atoms with Crippen molar-refractivity contribution in [3.05, 3.63) is 52.0 Å². The molecule has 7 nitrogen and oxygen atoms in total. The average Bonchev–Trinajstić information content (AvgIpc) is 2.68. The molecule has 0 saturated carbocycles. The smallest absolute Gasteiger partial charge is 0.268 e. The third kappa shape index (κ3) is 5.78. The predicted molar refractivity (Wildman–Crippen MR) is 118 cm³/mol. The molecular weight excluding hydrogens is 451 g/mol. The van der Waals surface area contributed by atoms with E-state index in [1.165, 1.54) is 38.5 Å². The number of aryl methyl sites for hydroxylation is 1. The van der Waals surface area contributed by atoms with E-state index in [-0.39, 0.29) is 39.0 Å². The van der Waals surface area contributed by atoms with Crippen molar-refractivity contribution in [2.24, 2.45) is 0 Å². The molecule has 0 saturated heterocycles. The Balaban J connectivity index is 2.53. The summed E-state index contributed by atoms with van der Waals surface area (Å²) in [7, 11) is -1.28. The molecule has 2 aromatic carbocycles. The van der Waals surface area contributed by atoms with E-state index in [9.17, 15) is 13.2 Å². The Kier molecular flexibility index (Phi) is 8.37. The van der Waals surface area contributed by atoms with Gasteiger partial charge in [-0.25, -0.2) is 8.42 Å². The molecule has 10 heteroatoms. The minimum absolute atomic E-state index is 0.0613. The van der Waals surface area contributed by atoms with Crippen LogP contribution < -0.4 is 14.4 Å². The number of rotatable bonds is 9. The molecule has 0 bridgehead atoms. The number of methoxy groups -OCH3 is 2. The monoisotopic (exact) mass is 474 g/mol. The van der Waals surface area contributed by atoms with Gasteiger partial charge in [0.2, 0.25) is 5.91 Å². The van der Waals surface area contributed by atoms with Crippen molar-refractivity contribution < 1.29 is 22.7 Å². The van der Waals surface area contributed by atoms with Crippen LogP contribution >= 0.6 is 23.2 Å². The van der Waals surface area contributed by atoms with E-state index in [0.717, 1.165) is 9.87 Å². The van der Waals surface area contributed by atoms with E-state index >= 15 is 0 Å². The number of sulfonamides is 1. The standard InChI is InChI=1S/C20H24Cl2N2O5S/c1-13-5-8-18(29-4)19(9-13)30(26,27)24(11-20(25)23-14(2)12-28-3)15-6-7-16(21)17(22)10-15/h5-10,14H,11-12H2,1-4H3,(H,23,25)/t14-/m0/s1. The number of anilines is 1. The van der Waals surface area contributed by atoms with E-state index < -0.39 is 22.5 Å². The van der Waals surface area contributed by atoms with E-state index in [1.54, 1.807) is 26.0 Å². The second-order valence-electron chi connectivity index (χ2n) is 6.69. The van der Waals surface area contributed by atoms with Gasteiger partial charge in [0.1, 0.15) is 17.2 Å². The Morgan fingerprint density at radius 2 is 1.83 bits per heavy atom. The summed E-state index contributed by atoms with van der Waals surface area (Å²) >= 11 is 12.1. The van der Waals surface area contributed by atoms with Gasteiger partial charge < -0.3 is 14.8 Å². The lowest BCUT2D eigenvalue weighted by Crippen LogP contribution is -2.44. The molecule has 0 aromatic heterocycles. The number of hydrogen-bond acceptors (Lipinski definition) is 5. The molecule has 0 aliphatic heterocycles. The fourth-order valence-corrected chi connectivity index (χ4v) is 4.75. The average molecular weight is 475 g/mol. The zero-order valence-corrected chi connectivity index (χ0v) is 19.4. The highest BCUT2D eigenvalue weighted by atomic mass is 35.5. The second kappa shape index (κ2) is 10.3. The van der Waals surface area contributed by atoms with Crippen molar-refractivity contribution in [1.29, 1.82) is 0 Å². The molecule has 164 valence electrons. The molecule has 0 heterocycles. The summed E-state index contributed by atoms with van der Waals surface area (Å²) in [4.78, 5) is 12.5. The largest absolute Gasteiger partial charge is 0.495 e. The van der Waals surface area contributed by atoms with Crippen molar-refractivity contribution in [1.82, 2.24) is 5.32 Å². The number of halogens is 2. The SMILES string of the molecule is COC[C@H](C)NC(=O)CN(c1ccc(Cl)c(Cl)c1)S(=O)(=O)c1cc(C)ccc1OC. The Labute approximate surface area is 186 Å². The van der Waals surface area contributed by atoms with Gasteiger partial charge in [0.15, 0.2) is 0 Å². The van der Waals surface area contributed by atoms with Crippen LogP contribution in [0.3, 0.4) is 0 Å². The van der Waals surface area contributed by atoms with Gasteiger partial charge in [-0.05, 0) is 49.7 Å². The van der Waals surface area contributed by atoms with Gasteiger partial charge in [0.05, 0.1) is 29.4 Å². The van der Waals surface area contributed by atoms with Gasteiger partial charge in [-0.3, -0.25) is 9.10 Å². The first-order valence-corrected chi connectivity index (χ1v) is 11.2. The van der Waals surface area contributed by atoms with Crippen LogP contribution in [-0.4, -0.2) is 47.7 Å². The molecule has 30 heavy (non-hydrogen) atoms. The molecule has 2 aromatic rings. The number of ether oxygens (including phenoxy) is 2. The summed E-state index contributed by atoms with van der Waals surface area (Å²) in [5, 5.41) is 3.14. The Morgan fingerprint density at radius 3 is 2.43 bits per heavy atom. The molecule has 2 rings (SSSR count). The molecular formula is C20H24Cl2N2O5S. The topological polar surface area (TPSA) is 84.9 Å². The van der Waals surface area contributed by atoms with E-state index in [0.29, 0.717) is 0 Å². The summed E-state index contributed by atoms with van der Waals surface area (Å²) in [6.07, 6.45) is 0. The molecule has 0 aliphatic rings. The molecule has 0 radical (unpaired) electrons. The van der Waals surface area contributed by atoms with Crippen molar-refractivity contribution >= 4 is 44.8 Å². The number of nitrogens with zero attached hydrogens (tertiary/aromatic N) is 1. The van der Waals surface area contributed by atoms with Crippen LogP contribution in [0.15, 0.2) is 41.3 Å². The number of hydrogen-bond donors (Lipinski definition) is 1. The highest BCUT2D eigenvalue weighted by Gasteiger charge is 2.31. The molecule has 0 unspecified atom stereocenters. The van der Waals surface area contributed by atoms with Crippen LogP contribution in [0.4, 0.5) is 5.69 Å². The fraction of sp³-hybridized carbons (Fsp3) is 0.350. The van der Waals surface area contributed by atoms with Crippen molar-refractivity contribution in [2.45, 2.75) is 24.8 Å². The zero-order chi connectivity index (χ0) is 22.5. The lowest BCUT2D eigenvalue weighted by atomic mass is 10.2. The van der Waals surface area contributed by atoms with Crippen molar-refractivity contribution in [3.63, 3.8) is 0 Å². The van der Waals surface area contributed by atoms with Crippen LogP contribution in [-0.2, 0) is 19.6 Å². The lowest BCUT2D eigenvalue weighted by molar-refractivity contribution is -0.120. The third-order valence-electron chi connectivity index (χ3n) is 4.19. The predicted octanol–water partition coefficient (Wildman–Crippen LogP) is 3.66. The quantitative estimate of drug-likeness (QED) is 0.599. The highest BCUT2D eigenvalue weighted by molar-refractivity contribution is 7.93. The maximum absolute atomic E-state index is 13.6. The summed E-state index contributed by atoms with van der Waals surface area (Å²) in [6, 6.07) is 8.85. The van der Waals surface area contributed by atoms with Gasteiger partial charge in [-0.15, -0.1) is 0 Å². The number of benzene rings is 2. The van der Waals surface area contributed by atoms with Crippen molar-refractivity contribution in [3.8, 4) is 5.75 Å². The minimum Gasteiger partial charge on any atom is -0.495 e. The van der Waals surface area contributed by atoms with Gasteiger partial charge in [0.25, 0.3) is 10.0 Å².